The summed E-state index contributed by atoms with van der Waals surface area (Å²) in [7, 11) is 2.07. The third-order valence-electron chi connectivity index (χ3n) is 4.04. The Morgan fingerprint density at radius 1 is 1.40 bits per heavy atom. The normalized spacial score (nSPS) is 16.6. The van der Waals surface area contributed by atoms with Crippen molar-refractivity contribution in [1.82, 2.24) is 10.2 Å². The summed E-state index contributed by atoms with van der Waals surface area (Å²) in [6.07, 6.45) is 3.73. The van der Waals surface area contributed by atoms with E-state index in [0.29, 0.717) is 18.5 Å². The fraction of sp³-hybridized carbons (Fsp3) is 0.647. The van der Waals surface area contributed by atoms with Crippen molar-refractivity contribution in [3.8, 4) is 0 Å². The second kappa shape index (κ2) is 7.19. The molecule has 3 heteroatoms. The van der Waals surface area contributed by atoms with Gasteiger partial charge >= 0.3 is 0 Å². The lowest BCUT2D eigenvalue weighted by atomic mass is 10.1. The third kappa shape index (κ3) is 4.88. The van der Waals surface area contributed by atoms with Gasteiger partial charge in [-0.15, -0.1) is 0 Å². The van der Waals surface area contributed by atoms with Gasteiger partial charge in [0.05, 0.1) is 0 Å². The van der Waals surface area contributed by atoms with Gasteiger partial charge in [-0.2, -0.15) is 0 Å². The minimum absolute atomic E-state index is 0.0869. The second-order valence-electron chi connectivity index (χ2n) is 6.29. The van der Waals surface area contributed by atoms with E-state index in [1.807, 2.05) is 12.1 Å². The monoisotopic (exact) mass is 278 g/mol. The largest absolute Gasteiger partial charge is 0.310 e. The van der Waals surface area contributed by atoms with Crippen LogP contribution in [0.4, 0.5) is 4.39 Å². The first-order chi connectivity index (χ1) is 9.58. The topological polar surface area (TPSA) is 15.3 Å². The first-order valence-electron chi connectivity index (χ1n) is 7.77. The average molecular weight is 278 g/mol. The Balaban J connectivity index is 1.92. The molecule has 0 aliphatic heterocycles. The zero-order chi connectivity index (χ0) is 14.5. The highest BCUT2D eigenvalue weighted by atomic mass is 19.1. The molecule has 0 bridgehead atoms. The zero-order valence-electron chi connectivity index (χ0n) is 13.0. The number of nitrogens with one attached hydrogen (secondary N) is 1. The van der Waals surface area contributed by atoms with E-state index in [1.165, 1.54) is 18.4 Å². The molecule has 0 spiro atoms. The van der Waals surface area contributed by atoms with Crippen LogP contribution in [0.15, 0.2) is 18.2 Å². The van der Waals surface area contributed by atoms with E-state index < -0.39 is 0 Å². The van der Waals surface area contributed by atoms with E-state index in [-0.39, 0.29) is 5.82 Å². The van der Waals surface area contributed by atoms with Crippen molar-refractivity contribution in [3.05, 3.63) is 35.1 Å². The van der Waals surface area contributed by atoms with Crippen LogP contribution < -0.4 is 5.32 Å². The Kier molecular flexibility index (Phi) is 5.55. The van der Waals surface area contributed by atoms with Crippen molar-refractivity contribution < 1.29 is 4.39 Å². The summed E-state index contributed by atoms with van der Waals surface area (Å²) in [6, 6.07) is 6.20. The van der Waals surface area contributed by atoms with Gasteiger partial charge in [0.25, 0.3) is 0 Å². The molecule has 0 heterocycles. The van der Waals surface area contributed by atoms with E-state index in [9.17, 15) is 4.39 Å². The van der Waals surface area contributed by atoms with Gasteiger partial charge in [0, 0.05) is 31.2 Å². The first-order valence-corrected chi connectivity index (χ1v) is 7.77. The van der Waals surface area contributed by atoms with E-state index in [2.05, 4.69) is 31.1 Å². The molecule has 1 atom stereocenters. The van der Waals surface area contributed by atoms with E-state index >= 15 is 0 Å². The van der Waals surface area contributed by atoms with Crippen molar-refractivity contribution >= 4 is 0 Å². The lowest BCUT2D eigenvalue weighted by Gasteiger charge is -2.21. The molecule has 0 aromatic heterocycles. The molecular weight excluding hydrogens is 251 g/mol. The van der Waals surface area contributed by atoms with Crippen molar-refractivity contribution in [2.24, 2.45) is 5.92 Å². The number of rotatable bonds is 8. The van der Waals surface area contributed by atoms with Crippen LogP contribution in [-0.4, -0.2) is 24.5 Å². The Bertz CT molecular complexity index is 429. The number of benzene rings is 1. The van der Waals surface area contributed by atoms with E-state index in [1.54, 1.807) is 6.07 Å². The van der Waals surface area contributed by atoms with Crippen molar-refractivity contribution in [2.45, 2.75) is 52.2 Å². The van der Waals surface area contributed by atoms with Gasteiger partial charge in [-0.1, -0.05) is 32.4 Å². The third-order valence-corrected chi connectivity index (χ3v) is 4.04. The lowest BCUT2D eigenvalue weighted by Crippen LogP contribution is -2.24. The minimum atomic E-state index is -0.0869. The molecule has 1 aliphatic rings. The Hall–Kier alpha value is -0.930. The summed E-state index contributed by atoms with van der Waals surface area (Å²) in [5.41, 5.74) is 2.00. The van der Waals surface area contributed by atoms with Crippen molar-refractivity contribution in [1.29, 1.82) is 0 Å². The van der Waals surface area contributed by atoms with Crippen LogP contribution in [0, 0.1) is 11.7 Å². The van der Waals surface area contributed by atoms with Gasteiger partial charge in [0.2, 0.25) is 0 Å². The summed E-state index contributed by atoms with van der Waals surface area (Å²) >= 11 is 0. The second-order valence-corrected chi connectivity index (χ2v) is 6.29. The fourth-order valence-electron chi connectivity index (χ4n) is 2.43. The predicted octanol–water partition coefficient (Wildman–Crippen LogP) is 3.56. The molecule has 0 amide bonds. The lowest BCUT2D eigenvalue weighted by molar-refractivity contribution is 0.271. The molecule has 1 fully saturated rings. The van der Waals surface area contributed by atoms with Gasteiger partial charge in [0.1, 0.15) is 5.82 Å². The quantitative estimate of drug-likeness (QED) is 0.782. The van der Waals surface area contributed by atoms with Crippen molar-refractivity contribution in [3.63, 3.8) is 0 Å². The van der Waals surface area contributed by atoms with Crippen LogP contribution in [0.2, 0.25) is 0 Å². The molecule has 2 nitrogen and oxygen atoms in total. The SMILES string of the molecule is CCC(C)CN(C)Cc1cc(CNC2CC2)ccc1F. The smallest absolute Gasteiger partial charge is 0.127 e. The van der Waals surface area contributed by atoms with Crippen LogP contribution in [-0.2, 0) is 13.1 Å². The van der Waals surface area contributed by atoms with Gasteiger partial charge in [-0.25, -0.2) is 4.39 Å². The molecule has 2 rings (SSSR count). The van der Waals surface area contributed by atoms with E-state index in [0.717, 1.165) is 25.1 Å². The fourth-order valence-corrected chi connectivity index (χ4v) is 2.43. The maximum atomic E-state index is 13.9. The summed E-state index contributed by atoms with van der Waals surface area (Å²) in [4.78, 5) is 2.21. The van der Waals surface area contributed by atoms with Gasteiger partial charge in [-0.05, 0) is 37.4 Å². The molecule has 1 aromatic rings. The molecule has 0 radical (unpaired) electrons. The summed E-state index contributed by atoms with van der Waals surface area (Å²) in [6.45, 7) is 6.99. The number of halogens is 1. The Labute approximate surface area is 122 Å². The van der Waals surface area contributed by atoms with Crippen LogP contribution >= 0.6 is 0 Å². The molecule has 0 saturated heterocycles. The van der Waals surface area contributed by atoms with Crippen LogP contribution in [0.3, 0.4) is 0 Å². The van der Waals surface area contributed by atoms with Gasteiger partial charge < -0.3 is 10.2 Å². The van der Waals surface area contributed by atoms with E-state index in [4.69, 9.17) is 0 Å². The Morgan fingerprint density at radius 2 is 2.15 bits per heavy atom. The highest BCUT2D eigenvalue weighted by Gasteiger charge is 2.20. The molecular formula is C17H27FN2. The van der Waals surface area contributed by atoms with Crippen LogP contribution in [0.5, 0.6) is 0 Å². The van der Waals surface area contributed by atoms with Crippen LogP contribution in [0.1, 0.15) is 44.2 Å². The highest BCUT2D eigenvalue weighted by Crippen LogP contribution is 2.20. The summed E-state index contributed by atoms with van der Waals surface area (Å²) in [5.74, 6) is 0.568. The maximum Gasteiger partial charge on any atom is 0.127 e. The molecule has 1 aliphatic carbocycles. The zero-order valence-corrected chi connectivity index (χ0v) is 13.0. The first kappa shape index (κ1) is 15.5. The molecule has 1 aromatic carbocycles. The molecule has 1 N–H and O–H groups in total. The predicted molar refractivity (Wildman–Crippen MR) is 82.1 cm³/mol. The maximum absolute atomic E-state index is 13.9. The van der Waals surface area contributed by atoms with Gasteiger partial charge in [0.15, 0.2) is 0 Å². The molecule has 112 valence electrons. The summed E-state index contributed by atoms with van der Waals surface area (Å²) < 4.78 is 13.9. The van der Waals surface area contributed by atoms with Gasteiger partial charge in [-0.3, -0.25) is 0 Å². The number of nitrogens with zero attached hydrogens (tertiary/aromatic N) is 1. The Morgan fingerprint density at radius 3 is 2.80 bits per heavy atom. The van der Waals surface area contributed by atoms with Crippen LogP contribution in [0.25, 0.3) is 0 Å². The number of hydrogen-bond donors (Lipinski definition) is 1. The summed E-state index contributed by atoms with van der Waals surface area (Å²) in [5, 5.41) is 3.48. The molecule has 1 saturated carbocycles. The minimum Gasteiger partial charge on any atom is -0.310 e. The highest BCUT2D eigenvalue weighted by molar-refractivity contribution is 5.25. The van der Waals surface area contributed by atoms with Crippen molar-refractivity contribution in [2.75, 3.05) is 13.6 Å². The average Bonchev–Trinajstić information content (AvgIpc) is 3.23. The number of hydrogen-bond acceptors (Lipinski definition) is 2. The standard InChI is InChI=1S/C17H27FN2/c1-4-13(2)11-20(3)12-15-9-14(5-8-17(15)18)10-19-16-6-7-16/h5,8-9,13,16,19H,4,6-7,10-12H2,1-3H3. The molecule has 20 heavy (non-hydrogen) atoms. The molecule has 1 unspecified atom stereocenters.